The number of nitrogens with zero attached hydrogens (tertiary/aromatic N) is 3. The fraction of sp³-hybridized carbons (Fsp3) is 0.375. The number of halogens is 3. The molecule has 0 fully saturated rings. The first-order valence-electron chi connectivity index (χ1n) is 4.15. The van der Waals surface area contributed by atoms with Crippen LogP contribution in [0.4, 0.5) is 19.0 Å². The van der Waals surface area contributed by atoms with Crippen LogP contribution < -0.4 is 5.32 Å². The van der Waals surface area contributed by atoms with Gasteiger partial charge in [0.15, 0.2) is 11.9 Å². The first-order valence-corrected chi connectivity index (χ1v) is 4.15. The van der Waals surface area contributed by atoms with Crippen molar-refractivity contribution in [1.82, 2.24) is 10.2 Å². The van der Waals surface area contributed by atoms with E-state index in [1.165, 1.54) is 12.3 Å². The number of hydrogen-bond donors (Lipinski definition) is 2. The summed E-state index contributed by atoms with van der Waals surface area (Å²) in [4.78, 5) is 0. The average molecular weight is 232 g/mol. The molecule has 0 spiro atoms. The predicted molar refractivity (Wildman–Crippen MR) is 47.3 cm³/mol. The Bertz CT molecular complexity index is 401. The Morgan fingerprint density at radius 1 is 1.56 bits per heavy atom. The van der Waals surface area contributed by atoms with Gasteiger partial charge in [-0.15, -0.1) is 5.10 Å². The summed E-state index contributed by atoms with van der Waals surface area (Å²) in [6.45, 7) is -0.781. The third-order valence-electron chi connectivity index (χ3n) is 1.68. The number of rotatable bonds is 3. The quantitative estimate of drug-likeness (QED) is 0.800. The van der Waals surface area contributed by atoms with Gasteiger partial charge < -0.3 is 10.4 Å². The van der Waals surface area contributed by atoms with Crippen LogP contribution in [0.15, 0.2) is 12.3 Å². The van der Waals surface area contributed by atoms with E-state index in [1.807, 2.05) is 0 Å². The van der Waals surface area contributed by atoms with Crippen LogP contribution in [0.25, 0.3) is 0 Å². The lowest BCUT2D eigenvalue weighted by molar-refractivity contribution is -0.198. The minimum Gasteiger partial charge on any atom is -0.382 e. The summed E-state index contributed by atoms with van der Waals surface area (Å²) in [5.74, 6) is -0.0895. The normalized spacial score (nSPS) is 12.9. The Kier molecular flexibility index (Phi) is 3.63. The van der Waals surface area contributed by atoms with Crippen LogP contribution in [0.5, 0.6) is 0 Å². The standard InChI is InChI=1S/C8H7F3N4O/c9-8(10,11)6(16)4-13-7-5(3-12)1-2-14-15-7/h1-2,6,16H,4H2,(H,13,15). The minimum absolute atomic E-state index is 0.0596. The van der Waals surface area contributed by atoms with Gasteiger partial charge in [-0.1, -0.05) is 0 Å². The van der Waals surface area contributed by atoms with E-state index in [0.717, 1.165) is 0 Å². The molecule has 1 aromatic heterocycles. The molecule has 8 heteroatoms. The molecule has 0 aliphatic rings. The molecule has 0 aliphatic carbocycles. The Labute approximate surface area is 88.5 Å². The van der Waals surface area contributed by atoms with Crippen LogP contribution in [0.1, 0.15) is 5.56 Å². The fourth-order valence-corrected chi connectivity index (χ4v) is 0.862. The molecule has 16 heavy (non-hydrogen) atoms. The second-order valence-electron chi connectivity index (χ2n) is 2.84. The van der Waals surface area contributed by atoms with E-state index in [1.54, 1.807) is 6.07 Å². The lowest BCUT2D eigenvalue weighted by Crippen LogP contribution is -2.35. The zero-order valence-corrected chi connectivity index (χ0v) is 7.86. The molecule has 0 saturated heterocycles. The number of alkyl halides is 3. The van der Waals surface area contributed by atoms with E-state index in [-0.39, 0.29) is 11.4 Å². The Morgan fingerprint density at radius 2 is 2.25 bits per heavy atom. The van der Waals surface area contributed by atoms with E-state index < -0.39 is 18.8 Å². The van der Waals surface area contributed by atoms with E-state index in [2.05, 4.69) is 15.5 Å². The van der Waals surface area contributed by atoms with Crippen LogP contribution in [-0.2, 0) is 0 Å². The summed E-state index contributed by atoms with van der Waals surface area (Å²) in [6, 6.07) is 3.03. The van der Waals surface area contributed by atoms with Gasteiger partial charge in [0.2, 0.25) is 0 Å². The van der Waals surface area contributed by atoms with Gasteiger partial charge in [0.05, 0.1) is 18.3 Å². The molecule has 2 N–H and O–H groups in total. The summed E-state index contributed by atoms with van der Waals surface area (Å²) in [5, 5.41) is 26.3. The van der Waals surface area contributed by atoms with Crippen molar-refractivity contribution in [3.05, 3.63) is 17.8 Å². The van der Waals surface area contributed by atoms with Crippen molar-refractivity contribution in [2.75, 3.05) is 11.9 Å². The van der Waals surface area contributed by atoms with Gasteiger partial charge in [0.1, 0.15) is 6.07 Å². The number of aromatic nitrogens is 2. The molecule has 0 radical (unpaired) electrons. The van der Waals surface area contributed by atoms with Crippen molar-refractivity contribution in [1.29, 1.82) is 5.26 Å². The molecular formula is C8H7F3N4O. The zero-order chi connectivity index (χ0) is 12.2. The van der Waals surface area contributed by atoms with Crippen molar-refractivity contribution in [2.45, 2.75) is 12.3 Å². The van der Waals surface area contributed by atoms with Crippen LogP contribution in [0, 0.1) is 11.3 Å². The molecular weight excluding hydrogens is 225 g/mol. The Morgan fingerprint density at radius 3 is 2.81 bits per heavy atom. The molecule has 1 heterocycles. The van der Waals surface area contributed by atoms with Gasteiger partial charge in [-0.3, -0.25) is 0 Å². The Balaban J connectivity index is 2.66. The zero-order valence-electron chi connectivity index (χ0n) is 7.86. The highest BCUT2D eigenvalue weighted by molar-refractivity contribution is 5.50. The lowest BCUT2D eigenvalue weighted by atomic mass is 10.3. The van der Waals surface area contributed by atoms with Gasteiger partial charge in [0.25, 0.3) is 0 Å². The predicted octanol–water partition coefficient (Wildman–Crippen LogP) is 0.683. The highest BCUT2D eigenvalue weighted by atomic mass is 19.4. The average Bonchev–Trinajstić information content (AvgIpc) is 2.24. The van der Waals surface area contributed by atoms with Crippen molar-refractivity contribution >= 4 is 5.82 Å². The number of aliphatic hydroxyl groups is 1. The minimum atomic E-state index is -4.71. The summed E-state index contributed by atoms with van der Waals surface area (Å²) in [7, 11) is 0. The number of nitriles is 1. The van der Waals surface area contributed by atoms with Crippen LogP contribution in [0.3, 0.4) is 0 Å². The smallest absolute Gasteiger partial charge is 0.382 e. The monoisotopic (exact) mass is 232 g/mol. The molecule has 0 aromatic carbocycles. The van der Waals surface area contributed by atoms with E-state index in [0.29, 0.717) is 0 Å². The molecule has 1 aromatic rings. The Hall–Kier alpha value is -1.88. The fourth-order valence-electron chi connectivity index (χ4n) is 0.862. The van der Waals surface area contributed by atoms with Gasteiger partial charge in [-0.25, -0.2) is 0 Å². The molecule has 5 nitrogen and oxygen atoms in total. The van der Waals surface area contributed by atoms with Crippen LogP contribution in [0.2, 0.25) is 0 Å². The second-order valence-corrected chi connectivity index (χ2v) is 2.84. The van der Waals surface area contributed by atoms with Crippen LogP contribution in [-0.4, -0.2) is 34.1 Å². The number of anilines is 1. The molecule has 0 amide bonds. The number of nitrogens with one attached hydrogen (secondary N) is 1. The first-order chi connectivity index (χ1) is 7.45. The topological polar surface area (TPSA) is 81.8 Å². The SMILES string of the molecule is N#Cc1ccnnc1NCC(O)C(F)(F)F. The van der Waals surface area contributed by atoms with Gasteiger partial charge in [0, 0.05) is 0 Å². The van der Waals surface area contributed by atoms with Gasteiger partial charge >= 0.3 is 6.18 Å². The number of aliphatic hydroxyl groups excluding tert-OH is 1. The third kappa shape index (κ3) is 3.06. The molecule has 0 aliphatic heterocycles. The molecule has 1 atom stereocenters. The maximum absolute atomic E-state index is 11.9. The van der Waals surface area contributed by atoms with Gasteiger partial charge in [-0.2, -0.15) is 23.5 Å². The van der Waals surface area contributed by atoms with E-state index >= 15 is 0 Å². The van der Waals surface area contributed by atoms with Crippen molar-refractivity contribution in [3.8, 4) is 6.07 Å². The maximum atomic E-state index is 11.9. The largest absolute Gasteiger partial charge is 0.416 e. The second kappa shape index (κ2) is 4.76. The lowest BCUT2D eigenvalue weighted by Gasteiger charge is -2.15. The number of hydrogen-bond acceptors (Lipinski definition) is 5. The summed E-state index contributed by atoms with van der Waals surface area (Å²) in [5.41, 5.74) is 0.0596. The van der Waals surface area contributed by atoms with Crippen molar-refractivity contribution in [3.63, 3.8) is 0 Å². The summed E-state index contributed by atoms with van der Waals surface area (Å²) in [6.07, 6.45) is -5.98. The molecule has 0 saturated carbocycles. The van der Waals surface area contributed by atoms with Gasteiger partial charge in [-0.05, 0) is 6.07 Å². The van der Waals surface area contributed by atoms with Crippen molar-refractivity contribution in [2.24, 2.45) is 0 Å². The highest BCUT2D eigenvalue weighted by Crippen LogP contribution is 2.20. The third-order valence-corrected chi connectivity index (χ3v) is 1.68. The maximum Gasteiger partial charge on any atom is 0.416 e. The van der Waals surface area contributed by atoms with Crippen LogP contribution >= 0.6 is 0 Å². The summed E-state index contributed by atoms with van der Waals surface area (Å²) >= 11 is 0. The van der Waals surface area contributed by atoms with E-state index in [9.17, 15) is 13.2 Å². The van der Waals surface area contributed by atoms with Crippen molar-refractivity contribution < 1.29 is 18.3 Å². The highest BCUT2D eigenvalue weighted by Gasteiger charge is 2.37. The summed E-state index contributed by atoms with van der Waals surface area (Å²) < 4.78 is 35.8. The molecule has 1 unspecified atom stereocenters. The molecule has 86 valence electrons. The molecule has 1 rings (SSSR count). The molecule has 0 bridgehead atoms. The van der Waals surface area contributed by atoms with E-state index in [4.69, 9.17) is 10.4 Å². The first kappa shape index (κ1) is 12.2.